The molecule has 2 rings (SSSR count). The molecule has 0 saturated carbocycles. The molecule has 0 unspecified atom stereocenters. The number of hydrogen-bond donors (Lipinski definition) is 0. The van der Waals surface area contributed by atoms with Crippen LogP contribution in [0.5, 0.6) is 0 Å². The van der Waals surface area contributed by atoms with E-state index in [0.717, 1.165) is 16.2 Å². The maximum absolute atomic E-state index is 8.53. The number of thioether (sulfide) groups is 1. The highest BCUT2D eigenvalue weighted by molar-refractivity contribution is 7.99. The fourth-order valence-corrected chi connectivity index (χ4v) is 2.36. The van der Waals surface area contributed by atoms with Gasteiger partial charge in [0.15, 0.2) is 5.16 Å². The van der Waals surface area contributed by atoms with Crippen LogP contribution in [0.2, 0.25) is 10.0 Å². The first-order valence-corrected chi connectivity index (χ1v) is 6.19. The summed E-state index contributed by atoms with van der Waals surface area (Å²) in [6.45, 7) is 0. The molecule has 16 heavy (non-hydrogen) atoms. The molecule has 0 aliphatic rings. The zero-order chi connectivity index (χ0) is 11.7. The molecule has 1 aromatic carbocycles. The van der Waals surface area contributed by atoms with E-state index >= 15 is 0 Å². The first-order chi connectivity index (χ1) is 7.63. The van der Waals surface area contributed by atoms with Gasteiger partial charge in [-0.25, -0.2) is 4.98 Å². The van der Waals surface area contributed by atoms with Crippen molar-refractivity contribution in [2.24, 2.45) is 7.05 Å². The van der Waals surface area contributed by atoms with E-state index < -0.39 is 0 Å². The lowest BCUT2D eigenvalue weighted by Gasteiger charge is -1.99. The predicted molar refractivity (Wildman–Crippen MR) is 67.1 cm³/mol. The number of hydrogen-bond acceptors (Lipinski definition) is 3. The number of imidazole rings is 1. The summed E-state index contributed by atoms with van der Waals surface area (Å²) < 4.78 is 1.90. The highest BCUT2D eigenvalue weighted by atomic mass is 35.5. The van der Waals surface area contributed by atoms with Gasteiger partial charge in [-0.2, -0.15) is 5.26 Å². The van der Waals surface area contributed by atoms with E-state index in [1.807, 2.05) is 11.6 Å². The van der Waals surface area contributed by atoms with E-state index in [4.69, 9.17) is 28.5 Å². The van der Waals surface area contributed by atoms with Gasteiger partial charge >= 0.3 is 0 Å². The number of nitriles is 1. The Kier molecular flexibility index (Phi) is 3.29. The summed E-state index contributed by atoms with van der Waals surface area (Å²) in [6.07, 6.45) is 0. The number of fused-ring (bicyclic) bond motifs is 1. The Morgan fingerprint density at radius 1 is 1.44 bits per heavy atom. The molecule has 0 radical (unpaired) electrons. The molecule has 0 atom stereocenters. The summed E-state index contributed by atoms with van der Waals surface area (Å²) in [7, 11) is 1.89. The summed E-state index contributed by atoms with van der Waals surface area (Å²) in [5, 5.41) is 10.3. The third-order valence-electron chi connectivity index (χ3n) is 2.15. The second-order valence-electron chi connectivity index (χ2n) is 3.16. The Labute approximate surface area is 107 Å². The van der Waals surface area contributed by atoms with Crippen LogP contribution >= 0.6 is 35.0 Å². The van der Waals surface area contributed by atoms with Crippen LogP contribution in [0.3, 0.4) is 0 Å². The van der Waals surface area contributed by atoms with E-state index in [9.17, 15) is 0 Å². The van der Waals surface area contributed by atoms with Crippen molar-refractivity contribution in [1.82, 2.24) is 9.55 Å². The third kappa shape index (κ3) is 1.99. The van der Waals surface area contributed by atoms with Gasteiger partial charge in [0.05, 0.1) is 32.9 Å². The fourth-order valence-electron chi connectivity index (χ4n) is 1.39. The van der Waals surface area contributed by atoms with Crippen LogP contribution in [0.4, 0.5) is 0 Å². The van der Waals surface area contributed by atoms with Crippen LogP contribution in [0.25, 0.3) is 11.0 Å². The SMILES string of the molecule is Cn1c(SCC#N)nc2cc(Cl)c(Cl)cc21. The monoisotopic (exact) mass is 271 g/mol. The van der Waals surface area contributed by atoms with E-state index in [1.165, 1.54) is 11.8 Å². The second kappa shape index (κ2) is 4.54. The van der Waals surface area contributed by atoms with Crippen LogP contribution in [0, 0.1) is 11.3 Å². The Morgan fingerprint density at radius 3 is 2.81 bits per heavy atom. The third-order valence-corrected chi connectivity index (χ3v) is 3.77. The smallest absolute Gasteiger partial charge is 0.169 e. The molecule has 1 aromatic heterocycles. The van der Waals surface area contributed by atoms with Crippen LogP contribution in [0.15, 0.2) is 17.3 Å². The van der Waals surface area contributed by atoms with Crippen molar-refractivity contribution < 1.29 is 0 Å². The maximum atomic E-state index is 8.53. The van der Waals surface area contributed by atoms with Gasteiger partial charge in [0, 0.05) is 7.05 Å². The van der Waals surface area contributed by atoms with E-state index in [1.54, 1.807) is 12.1 Å². The zero-order valence-electron chi connectivity index (χ0n) is 8.37. The van der Waals surface area contributed by atoms with Crippen molar-refractivity contribution in [3.63, 3.8) is 0 Å². The van der Waals surface area contributed by atoms with E-state index in [-0.39, 0.29) is 0 Å². The lowest BCUT2D eigenvalue weighted by atomic mass is 10.3. The second-order valence-corrected chi connectivity index (χ2v) is 4.91. The number of benzene rings is 1. The normalized spacial score (nSPS) is 10.6. The topological polar surface area (TPSA) is 41.6 Å². The number of halogens is 2. The van der Waals surface area contributed by atoms with Gasteiger partial charge in [-0.1, -0.05) is 35.0 Å². The van der Waals surface area contributed by atoms with Gasteiger partial charge in [-0.3, -0.25) is 0 Å². The van der Waals surface area contributed by atoms with Gasteiger partial charge in [-0.05, 0) is 12.1 Å². The molecule has 0 amide bonds. The standard InChI is InChI=1S/C10H7Cl2N3S/c1-15-9-5-7(12)6(11)4-8(9)14-10(15)16-3-2-13/h4-5H,3H2,1H3. The Balaban J connectivity index is 2.56. The molecule has 0 aliphatic heterocycles. The lowest BCUT2D eigenvalue weighted by molar-refractivity contribution is 0.816. The van der Waals surface area contributed by atoms with Gasteiger partial charge in [0.2, 0.25) is 0 Å². The fraction of sp³-hybridized carbons (Fsp3) is 0.200. The van der Waals surface area contributed by atoms with Crippen LogP contribution in [-0.4, -0.2) is 15.3 Å². The minimum absolute atomic E-state index is 0.374. The highest BCUT2D eigenvalue weighted by Crippen LogP contribution is 2.30. The molecule has 82 valence electrons. The molecule has 0 spiro atoms. The Morgan fingerprint density at radius 2 is 2.12 bits per heavy atom. The van der Waals surface area contributed by atoms with Gasteiger partial charge in [0.1, 0.15) is 0 Å². The molecule has 0 fully saturated rings. The number of aryl methyl sites for hydroxylation is 1. The zero-order valence-corrected chi connectivity index (χ0v) is 10.7. The van der Waals surface area contributed by atoms with Gasteiger partial charge in [-0.15, -0.1) is 0 Å². The van der Waals surface area contributed by atoms with Crippen molar-refractivity contribution in [1.29, 1.82) is 5.26 Å². The minimum atomic E-state index is 0.374. The average molecular weight is 272 g/mol. The van der Waals surface area contributed by atoms with Crippen molar-refractivity contribution in [3.05, 3.63) is 22.2 Å². The van der Waals surface area contributed by atoms with Crippen molar-refractivity contribution in [2.45, 2.75) is 5.16 Å². The van der Waals surface area contributed by atoms with Gasteiger partial charge in [0.25, 0.3) is 0 Å². The number of nitrogens with zero attached hydrogens (tertiary/aromatic N) is 3. The molecular formula is C10H7Cl2N3S. The lowest BCUT2D eigenvalue weighted by Crippen LogP contribution is -1.90. The molecule has 0 N–H and O–H groups in total. The van der Waals surface area contributed by atoms with E-state index in [0.29, 0.717) is 15.8 Å². The van der Waals surface area contributed by atoms with Crippen LogP contribution in [-0.2, 0) is 7.05 Å². The number of aromatic nitrogens is 2. The van der Waals surface area contributed by atoms with Crippen LogP contribution in [0.1, 0.15) is 0 Å². The van der Waals surface area contributed by atoms with Gasteiger partial charge < -0.3 is 4.57 Å². The number of rotatable bonds is 2. The van der Waals surface area contributed by atoms with E-state index in [2.05, 4.69) is 11.1 Å². The molecule has 3 nitrogen and oxygen atoms in total. The molecule has 0 aliphatic carbocycles. The van der Waals surface area contributed by atoms with Crippen molar-refractivity contribution in [3.8, 4) is 6.07 Å². The predicted octanol–water partition coefficient (Wildman–Crippen LogP) is 3.50. The quantitative estimate of drug-likeness (QED) is 0.786. The molecule has 0 bridgehead atoms. The maximum Gasteiger partial charge on any atom is 0.169 e. The van der Waals surface area contributed by atoms with Crippen LogP contribution < -0.4 is 0 Å². The average Bonchev–Trinajstić information content (AvgIpc) is 2.54. The Hall–Kier alpha value is -0.890. The van der Waals surface area contributed by atoms with Crippen molar-refractivity contribution >= 4 is 46.0 Å². The molecule has 0 saturated heterocycles. The summed E-state index contributed by atoms with van der Waals surface area (Å²) >= 11 is 13.2. The minimum Gasteiger partial charge on any atom is -0.322 e. The highest BCUT2D eigenvalue weighted by Gasteiger charge is 2.10. The first-order valence-electron chi connectivity index (χ1n) is 4.44. The molecule has 6 heteroatoms. The Bertz CT molecular complexity index is 586. The molecule has 1 heterocycles. The molecule has 2 aromatic rings. The first kappa shape index (κ1) is 11.6. The molecular weight excluding hydrogens is 265 g/mol. The summed E-state index contributed by atoms with van der Waals surface area (Å²) in [6, 6.07) is 5.58. The summed E-state index contributed by atoms with van der Waals surface area (Å²) in [5.74, 6) is 0.374. The largest absolute Gasteiger partial charge is 0.322 e. The summed E-state index contributed by atoms with van der Waals surface area (Å²) in [5.41, 5.74) is 1.70. The van der Waals surface area contributed by atoms with Crippen molar-refractivity contribution in [2.75, 3.05) is 5.75 Å². The summed E-state index contributed by atoms with van der Waals surface area (Å²) in [4.78, 5) is 4.38.